The summed E-state index contributed by atoms with van der Waals surface area (Å²) in [4.78, 5) is 35.3. The molecule has 0 radical (unpaired) electrons. The maximum absolute atomic E-state index is 13.7. The quantitative estimate of drug-likeness (QED) is 0.692. The van der Waals surface area contributed by atoms with Crippen LogP contribution in [-0.2, 0) is 16.0 Å². The number of rotatable bonds is 2. The molecular formula is C24H31N3O4S. The molecule has 7 nitrogen and oxygen atoms in total. The molecule has 1 spiro atoms. The molecule has 172 valence electrons. The highest BCUT2D eigenvalue weighted by Crippen LogP contribution is 2.30. The Balaban J connectivity index is 1.57. The van der Waals surface area contributed by atoms with Gasteiger partial charge in [-0.3, -0.25) is 9.59 Å². The summed E-state index contributed by atoms with van der Waals surface area (Å²) in [7, 11) is 0. The van der Waals surface area contributed by atoms with E-state index in [0.29, 0.717) is 44.1 Å². The van der Waals surface area contributed by atoms with Gasteiger partial charge >= 0.3 is 0 Å². The number of carbonyl (C=O) groups is 2. The molecule has 4 rings (SSSR count). The lowest BCUT2D eigenvalue weighted by atomic mass is 9.91. The fraction of sp³-hybridized carbons (Fsp3) is 0.542. The van der Waals surface area contributed by atoms with E-state index in [9.17, 15) is 9.59 Å². The minimum Gasteiger partial charge on any atom is -0.491 e. The van der Waals surface area contributed by atoms with Gasteiger partial charge in [-0.1, -0.05) is 18.2 Å². The third-order valence-electron chi connectivity index (χ3n) is 6.34. The van der Waals surface area contributed by atoms with Crippen molar-refractivity contribution >= 4 is 23.2 Å². The number of ether oxygens (including phenoxy) is 2. The SMILES string of the molecule is CCN1CCOc2ccccc2CCCCC2(CN(C(=O)c3scnc3C)CCO2)C1=O. The lowest BCUT2D eigenvalue weighted by molar-refractivity contribution is -0.170. The molecule has 32 heavy (non-hydrogen) atoms. The maximum atomic E-state index is 13.7. The van der Waals surface area contributed by atoms with E-state index in [1.54, 1.807) is 15.3 Å². The Kier molecular flexibility index (Phi) is 7.10. The minimum atomic E-state index is -1.01. The number of thiazole rings is 1. The number of carbonyl (C=O) groups excluding carboxylic acids is 2. The predicted octanol–water partition coefficient (Wildman–Crippen LogP) is 3.32. The summed E-state index contributed by atoms with van der Waals surface area (Å²) >= 11 is 1.35. The van der Waals surface area contributed by atoms with E-state index in [-0.39, 0.29) is 18.4 Å². The van der Waals surface area contributed by atoms with Crippen molar-refractivity contribution in [3.8, 4) is 5.75 Å². The second kappa shape index (κ2) is 10.0. The highest BCUT2D eigenvalue weighted by Gasteiger charge is 2.46. The van der Waals surface area contributed by atoms with Crippen LogP contribution in [-0.4, -0.2) is 71.6 Å². The van der Waals surface area contributed by atoms with Crippen LogP contribution in [0.5, 0.6) is 5.75 Å². The number of amides is 2. The van der Waals surface area contributed by atoms with Crippen LogP contribution in [0, 0.1) is 6.92 Å². The first kappa shape index (κ1) is 22.7. The van der Waals surface area contributed by atoms with E-state index < -0.39 is 5.60 Å². The lowest BCUT2D eigenvalue weighted by Gasteiger charge is -2.44. The third kappa shape index (κ3) is 4.66. The number of morpholine rings is 1. The number of aryl methyl sites for hydroxylation is 2. The zero-order chi connectivity index (χ0) is 22.6. The van der Waals surface area contributed by atoms with Crippen molar-refractivity contribution in [1.29, 1.82) is 0 Å². The Morgan fingerprint density at radius 2 is 2.06 bits per heavy atom. The third-order valence-corrected chi connectivity index (χ3v) is 7.26. The van der Waals surface area contributed by atoms with Gasteiger partial charge in [0, 0.05) is 13.1 Å². The lowest BCUT2D eigenvalue weighted by Crippen LogP contribution is -2.62. The van der Waals surface area contributed by atoms with Gasteiger partial charge in [-0.05, 0) is 51.2 Å². The molecule has 0 N–H and O–H groups in total. The van der Waals surface area contributed by atoms with Gasteiger partial charge in [-0.2, -0.15) is 0 Å². The molecule has 0 aliphatic carbocycles. The van der Waals surface area contributed by atoms with E-state index in [2.05, 4.69) is 11.1 Å². The zero-order valence-electron chi connectivity index (χ0n) is 18.8. The van der Waals surface area contributed by atoms with Gasteiger partial charge < -0.3 is 19.3 Å². The molecule has 1 aromatic heterocycles. The molecule has 8 heteroatoms. The number of para-hydroxylation sites is 1. The zero-order valence-corrected chi connectivity index (χ0v) is 19.7. The molecule has 2 aromatic rings. The molecule has 0 saturated carbocycles. The van der Waals surface area contributed by atoms with Gasteiger partial charge in [-0.25, -0.2) is 4.98 Å². The molecular weight excluding hydrogens is 426 g/mol. The van der Waals surface area contributed by atoms with Crippen LogP contribution in [0.3, 0.4) is 0 Å². The fourth-order valence-corrected chi connectivity index (χ4v) is 5.30. The molecule has 2 amide bonds. The van der Waals surface area contributed by atoms with Crippen LogP contribution < -0.4 is 4.74 Å². The normalized spacial score (nSPS) is 22.6. The van der Waals surface area contributed by atoms with Crippen LogP contribution in [0.1, 0.15) is 47.1 Å². The summed E-state index contributed by atoms with van der Waals surface area (Å²) < 4.78 is 12.2. The van der Waals surface area contributed by atoms with Crippen molar-refractivity contribution in [2.24, 2.45) is 0 Å². The fourth-order valence-electron chi connectivity index (χ4n) is 4.53. The Morgan fingerprint density at radius 1 is 1.22 bits per heavy atom. The predicted molar refractivity (Wildman–Crippen MR) is 123 cm³/mol. The summed E-state index contributed by atoms with van der Waals surface area (Å²) in [5.41, 5.74) is 2.60. The Labute approximate surface area is 193 Å². The molecule has 2 aliphatic rings. The first-order chi connectivity index (χ1) is 15.5. The average Bonchev–Trinajstić information content (AvgIpc) is 3.24. The van der Waals surface area contributed by atoms with Crippen molar-refractivity contribution in [2.75, 3.05) is 39.4 Å². The summed E-state index contributed by atoms with van der Waals surface area (Å²) in [5.74, 6) is 0.791. The van der Waals surface area contributed by atoms with Gasteiger partial charge in [0.1, 0.15) is 17.2 Å². The molecule has 0 bridgehead atoms. The van der Waals surface area contributed by atoms with Crippen molar-refractivity contribution in [2.45, 2.75) is 45.1 Å². The molecule has 1 aromatic carbocycles. The van der Waals surface area contributed by atoms with E-state index in [1.807, 2.05) is 32.0 Å². The number of aromatic nitrogens is 1. The van der Waals surface area contributed by atoms with Gasteiger partial charge in [0.25, 0.3) is 11.8 Å². The van der Waals surface area contributed by atoms with Crippen LogP contribution in [0.15, 0.2) is 29.8 Å². The number of benzene rings is 1. The number of fused-ring (bicyclic) bond motifs is 1. The Bertz CT molecular complexity index is 962. The van der Waals surface area contributed by atoms with Crippen LogP contribution in [0.4, 0.5) is 0 Å². The van der Waals surface area contributed by atoms with Gasteiger partial charge in [0.2, 0.25) is 0 Å². The summed E-state index contributed by atoms with van der Waals surface area (Å²) in [6.45, 7) is 6.40. The van der Waals surface area contributed by atoms with E-state index in [1.165, 1.54) is 16.9 Å². The van der Waals surface area contributed by atoms with Crippen molar-refractivity contribution in [1.82, 2.24) is 14.8 Å². The van der Waals surface area contributed by atoms with E-state index in [4.69, 9.17) is 9.47 Å². The number of hydrogen-bond donors (Lipinski definition) is 0. The van der Waals surface area contributed by atoms with Crippen LogP contribution in [0.25, 0.3) is 0 Å². The Morgan fingerprint density at radius 3 is 2.84 bits per heavy atom. The Hall–Kier alpha value is -2.45. The summed E-state index contributed by atoms with van der Waals surface area (Å²) in [6.07, 6.45) is 3.24. The molecule has 2 aliphatic heterocycles. The number of likely N-dealkylation sites (N-methyl/N-ethyl adjacent to an activating group) is 1. The number of nitrogens with zero attached hydrogens (tertiary/aromatic N) is 3. The van der Waals surface area contributed by atoms with Crippen molar-refractivity contribution in [3.05, 3.63) is 45.9 Å². The largest absolute Gasteiger partial charge is 0.491 e. The van der Waals surface area contributed by atoms with Gasteiger partial charge in [0.15, 0.2) is 5.60 Å². The highest BCUT2D eigenvalue weighted by molar-refractivity contribution is 7.11. The second-order valence-corrected chi connectivity index (χ2v) is 9.24. The monoisotopic (exact) mass is 457 g/mol. The van der Waals surface area contributed by atoms with Gasteiger partial charge in [-0.15, -0.1) is 11.3 Å². The second-order valence-electron chi connectivity index (χ2n) is 8.38. The molecule has 3 heterocycles. The first-order valence-electron chi connectivity index (χ1n) is 11.4. The molecule has 1 unspecified atom stereocenters. The smallest absolute Gasteiger partial charge is 0.266 e. The highest BCUT2D eigenvalue weighted by atomic mass is 32.1. The minimum absolute atomic E-state index is 0.0454. The van der Waals surface area contributed by atoms with Gasteiger partial charge in [0.05, 0.1) is 30.9 Å². The molecule has 1 fully saturated rings. The standard InChI is InChI=1S/C24H31N3O4S/c1-3-26-12-14-30-20-10-5-4-8-19(20)9-6-7-11-24(23(26)29)16-27(13-15-31-24)22(28)21-18(2)25-17-32-21/h4-5,8,10,17H,3,6-7,9,11-16H2,1-2H3. The van der Waals surface area contributed by atoms with Crippen LogP contribution >= 0.6 is 11.3 Å². The molecule has 1 saturated heterocycles. The van der Waals surface area contributed by atoms with E-state index in [0.717, 1.165) is 30.7 Å². The van der Waals surface area contributed by atoms with Crippen molar-refractivity contribution in [3.63, 3.8) is 0 Å². The first-order valence-corrected chi connectivity index (χ1v) is 12.3. The average molecular weight is 458 g/mol. The summed E-state index contributed by atoms with van der Waals surface area (Å²) in [5, 5.41) is 0. The maximum Gasteiger partial charge on any atom is 0.266 e. The summed E-state index contributed by atoms with van der Waals surface area (Å²) in [6, 6.07) is 8.12. The number of hydrogen-bond acceptors (Lipinski definition) is 6. The van der Waals surface area contributed by atoms with E-state index >= 15 is 0 Å². The topological polar surface area (TPSA) is 72.0 Å². The van der Waals surface area contributed by atoms with Crippen molar-refractivity contribution < 1.29 is 19.1 Å². The van der Waals surface area contributed by atoms with Crippen LogP contribution in [0.2, 0.25) is 0 Å². The molecule has 1 atom stereocenters.